The first-order chi connectivity index (χ1) is 8.89. The number of aryl methyl sites for hydroxylation is 1. The van der Waals surface area contributed by atoms with Gasteiger partial charge in [-0.25, -0.2) is 13.1 Å². The number of hydrogen-bond acceptors (Lipinski definition) is 2. The second-order valence-electron chi connectivity index (χ2n) is 4.94. The van der Waals surface area contributed by atoms with E-state index in [2.05, 4.69) is 11.6 Å². The standard InChI is InChI=1S/C14H22ClNO2S/c1-4-12-5-7-13(8-6-12)14(11(2)3)16-19(17,18)10-9-15/h5-8,11,14,16H,4,9-10H2,1-3H3. The summed E-state index contributed by atoms with van der Waals surface area (Å²) >= 11 is 5.52. The molecule has 0 amide bonds. The summed E-state index contributed by atoms with van der Waals surface area (Å²) in [6, 6.07) is 7.86. The normalized spacial score (nSPS) is 13.7. The smallest absolute Gasteiger partial charge is 0.212 e. The van der Waals surface area contributed by atoms with Gasteiger partial charge in [0.25, 0.3) is 0 Å². The Morgan fingerprint density at radius 1 is 1.21 bits per heavy atom. The zero-order valence-corrected chi connectivity index (χ0v) is 13.3. The third-order valence-corrected chi connectivity index (χ3v) is 4.83. The second kappa shape index (κ2) is 7.27. The van der Waals surface area contributed by atoms with E-state index in [1.54, 1.807) is 0 Å². The second-order valence-corrected chi connectivity index (χ2v) is 7.19. The van der Waals surface area contributed by atoms with Crippen LogP contribution in [-0.2, 0) is 16.4 Å². The van der Waals surface area contributed by atoms with Crippen LogP contribution in [0.3, 0.4) is 0 Å². The molecule has 0 aliphatic carbocycles. The lowest BCUT2D eigenvalue weighted by molar-refractivity contribution is 0.463. The molecule has 0 bridgehead atoms. The summed E-state index contributed by atoms with van der Waals surface area (Å²) in [6.45, 7) is 6.10. The first kappa shape index (κ1) is 16.5. The molecule has 0 saturated carbocycles. The fourth-order valence-corrected chi connectivity index (χ4v) is 3.63. The molecule has 0 saturated heterocycles. The molecule has 1 unspecified atom stereocenters. The molecule has 0 spiro atoms. The Kier molecular flexibility index (Phi) is 6.30. The Labute approximate surface area is 121 Å². The molecular formula is C14H22ClNO2S. The van der Waals surface area contributed by atoms with Gasteiger partial charge >= 0.3 is 0 Å². The highest BCUT2D eigenvalue weighted by atomic mass is 35.5. The van der Waals surface area contributed by atoms with Gasteiger partial charge in [0.15, 0.2) is 0 Å². The predicted octanol–water partition coefficient (Wildman–Crippen LogP) is 3.10. The summed E-state index contributed by atoms with van der Waals surface area (Å²) in [4.78, 5) is 0. The summed E-state index contributed by atoms with van der Waals surface area (Å²) in [6.07, 6.45) is 0.977. The number of alkyl halides is 1. The van der Waals surface area contributed by atoms with Gasteiger partial charge in [0.2, 0.25) is 10.0 Å². The van der Waals surface area contributed by atoms with Crippen molar-refractivity contribution in [3.63, 3.8) is 0 Å². The number of hydrogen-bond donors (Lipinski definition) is 1. The van der Waals surface area contributed by atoms with E-state index in [4.69, 9.17) is 11.6 Å². The molecular weight excluding hydrogens is 282 g/mol. The minimum absolute atomic E-state index is 0.0508. The monoisotopic (exact) mass is 303 g/mol. The fraction of sp³-hybridized carbons (Fsp3) is 0.571. The first-order valence-electron chi connectivity index (χ1n) is 6.54. The predicted molar refractivity (Wildman–Crippen MR) is 81.0 cm³/mol. The van der Waals surface area contributed by atoms with Crippen molar-refractivity contribution in [3.8, 4) is 0 Å². The first-order valence-corrected chi connectivity index (χ1v) is 8.73. The van der Waals surface area contributed by atoms with E-state index in [-0.39, 0.29) is 23.6 Å². The molecule has 0 radical (unpaired) electrons. The van der Waals surface area contributed by atoms with Gasteiger partial charge in [0, 0.05) is 11.9 Å². The van der Waals surface area contributed by atoms with Crippen LogP contribution < -0.4 is 4.72 Å². The van der Waals surface area contributed by atoms with Crippen LogP contribution in [0.15, 0.2) is 24.3 Å². The van der Waals surface area contributed by atoms with Crippen LogP contribution in [0.2, 0.25) is 0 Å². The van der Waals surface area contributed by atoms with Crippen molar-refractivity contribution in [2.75, 3.05) is 11.6 Å². The van der Waals surface area contributed by atoms with Crippen LogP contribution in [0, 0.1) is 5.92 Å². The lowest BCUT2D eigenvalue weighted by Crippen LogP contribution is -2.33. The summed E-state index contributed by atoms with van der Waals surface area (Å²) in [5.74, 6) is 0.234. The van der Waals surface area contributed by atoms with Crippen LogP contribution in [0.4, 0.5) is 0 Å². The quantitative estimate of drug-likeness (QED) is 0.787. The van der Waals surface area contributed by atoms with Gasteiger partial charge in [0.05, 0.1) is 5.75 Å². The summed E-state index contributed by atoms with van der Waals surface area (Å²) in [5.41, 5.74) is 2.24. The van der Waals surface area contributed by atoms with Gasteiger partial charge in [-0.05, 0) is 23.5 Å². The Balaban J connectivity index is 2.94. The Bertz CT molecular complexity index is 483. The zero-order chi connectivity index (χ0) is 14.5. The maximum Gasteiger partial charge on any atom is 0.213 e. The summed E-state index contributed by atoms with van der Waals surface area (Å²) in [7, 11) is -3.32. The largest absolute Gasteiger partial charge is 0.213 e. The number of nitrogens with one attached hydrogen (secondary N) is 1. The van der Waals surface area contributed by atoms with E-state index in [0.29, 0.717) is 0 Å². The minimum atomic E-state index is -3.32. The van der Waals surface area contributed by atoms with Crippen molar-refractivity contribution < 1.29 is 8.42 Å². The van der Waals surface area contributed by atoms with Gasteiger partial charge in [-0.1, -0.05) is 45.0 Å². The molecule has 0 fully saturated rings. The van der Waals surface area contributed by atoms with Crippen LogP contribution in [0.5, 0.6) is 0 Å². The van der Waals surface area contributed by atoms with Crippen molar-refractivity contribution in [1.29, 1.82) is 0 Å². The van der Waals surface area contributed by atoms with E-state index < -0.39 is 10.0 Å². The molecule has 3 nitrogen and oxygen atoms in total. The number of benzene rings is 1. The third-order valence-electron chi connectivity index (χ3n) is 3.07. The highest BCUT2D eigenvalue weighted by Gasteiger charge is 2.21. The SMILES string of the molecule is CCc1ccc(C(NS(=O)(=O)CCCl)C(C)C)cc1. The van der Waals surface area contributed by atoms with Crippen molar-refractivity contribution >= 4 is 21.6 Å². The molecule has 0 aliphatic rings. The molecule has 0 heterocycles. The van der Waals surface area contributed by atoms with E-state index in [9.17, 15) is 8.42 Å². The van der Waals surface area contributed by atoms with Crippen LogP contribution in [-0.4, -0.2) is 20.1 Å². The third kappa shape index (κ3) is 5.13. The fourth-order valence-electron chi connectivity index (χ4n) is 1.90. The Hall–Kier alpha value is -0.580. The molecule has 0 aliphatic heterocycles. The Morgan fingerprint density at radius 3 is 2.21 bits per heavy atom. The van der Waals surface area contributed by atoms with E-state index in [0.717, 1.165) is 12.0 Å². The molecule has 19 heavy (non-hydrogen) atoms. The average molecular weight is 304 g/mol. The van der Waals surface area contributed by atoms with Gasteiger partial charge in [-0.2, -0.15) is 0 Å². The molecule has 108 valence electrons. The number of rotatable bonds is 7. The molecule has 1 atom stereocenters. The maximum absolute atomic E-state index is 11.8. The van der Waals surface area contributed by atoms with Gasteiger partial charge in [-0.15, -0.1) is 11.6 Å². The highest BCUT2D eigenvalue weighted by molar-refractivity contribution is 7.89. The van der Waals surface area contributed by atoms with Crippen LogP contribution in [0.1, 0.15) is 37.9 Å². The molecule has 1 rings (SSSR count). The lowest BCUT2D eigenvalue weighted by atomic mass is 9.96. The van der Waals surface area contributed by atoms with E-state index in [1.807, 2.05) is 38.1 Å². The zero-order valence-electron chi connectivity index (χ0n) is 11.7. The van der Waals surface area contributed by atoms with Crippen LogP contribution in [0.25, 0.3) is 0 Å². The van der Waals surface area contributed by atoms with Gasteiger partial charge in [-0.3, -0.25) is 0 Å². The van der Waals surface area contributed by atoms with Crippen molar-refractivity contribution in [3.05, 3.63) is 35.4 Å². The lowest BCUT2D eigenvalue weighted by Gasteiger charge is -2.22. The number of halogens is 1. The highest BCUT2D eigenvalue weighted by Crippen LogP contribution is 2.23. The Morgan fingerprint density at radius 2 is 1.79 bits per heavy atom. The van der Waals surface area contributed by atoms with Crippen molar-refractivity contribution in [2.45, 2.75) is 33.2 Å². The average Bonchev–Trinajstić information content (AvgIpc) is 2.36. The maximum atomic E-state index is 11.8. The summed E-state index contributed by atoms with van der Waals surface area (Å²) in [5, 5.41) is 0. The van der Waals surface area contributed by atoms with Gasteiger partial charge in [0.1, 0.15) is 0 Å². The van der Waals surface area contributed by atoms with Crippen molar-refractivity contribution in [2.24, 2.45) is 5.92 Å². The van der Waals surface area contributed by atoms with Crippen molar-refractivity contribution in [1.82, 2.24) is 4.72 Å². The summed E-state index contributed by atoms with van der Waals surface area (Å²) < 4.78 is 26.4. The van der Waals surface area contributed by atoms with E-state index >= 15 is 0 Å². The van der Waals surface area contributed by atoms with E-state index in [1.165, 1.54) is 5.56 Å². The molecule has 1 N–H and O–H groups in total. The van der Waals surface area contributed by atoms with Gasteiger partial charge < -0.3 is 0 Å². The number of sulfonamides is 1. The topological polar surface area (TPSA) is 46.2 Å². The molecule has 1 aromatic carbocycles. The van der Waals surface area contributed by atoms with Crippen LogP contribution >= 0.6 is 11.6 Å². The molecule has 1 aromatic rings. The molecule has 0 aromatic heterocycles. The minimum Gasteiger partial charge on any atom is -0.212 e. The molecule has 5 heteroatoms.